The number of hydrogen-bond acceptors (Lipinski definition) is 4. The number of aliphatic carboxylic acids is 1. The number of carboxylic acids is 1. The highest BCUT2D eigenvalue weighted by atomic mass is 79.9. The van der Waals surface area contributed by atoms with Crippen LogP contribution in [0.3, 0.4) is 0 Å². The Balaban J connectivity index is 3.01. The number of carboxylic acid groups (broad SMARTS) is 1. The molecule has 1 aromatic rings. The summed E-state index contributed by atoms with van der Waals surface area (Å²) in [5, 5.41) is 9.10. The van der Waals surface area contributed by atoms with E-state index in [1.165, 1.54) is 25.3 Å². The van der Waals surface area contributed by atoms with Gasteiger partial charge in [-0.2, -0.15) is 4.72 Å². The third-order valence-electron chi connectivity index (χ3n) is 2.87. The van der Waals surface area contributed by atoms with Gasteiger partial charge in [0.15, 0.2) is 0 Å². The van der Waals surface area contributed by atoms with Crippen molar-refractivity contribution in [3.63, 3.8) is 0 Å². The van der Waals surface area contributed by atoms with Crippen LogP contribution >= 0.6 is 15.9 Å². The Morgan fingerprint density at radius 2 is 2.14 bits per heavy atom. The van der Waals surface area contributed by atoms with E-state index in [2.05, 4.69) is 20.7 Å². The van der Waals surface area contributed by atoms with Gasteiger partial charge in [-0.05, 0) is 34.5 Å². The Morgan fingerprint density at radius 1 is 1.48 bits per heavy atom. The second kappa shape index (κ2) is 7.77. The predicted octanol–water partition coefficient (Wildman–Crippen LogP) is 2.38. The Morgan fingerprint density at radius 3 is 2.67 bits per heavy atom. The van der Waals surface area contributed by atoms with Crippen molar-refractivity contribution >= 4 is 31.9 Å². The normalized spacial score (nSPS) is 12.9. The minimum absolute atomic E-state index is 0.0368. The third kappa shape index (κ3) is 4.98. The second-order valence-corrected chi connectivity index (χ2v) is 7.02. The Labute approximate surface area is 132 Å². The fourth-order valence-corrected chi connectivity index (χ4v) is 3.35. The summed E-state index contributed by atoms with van der Waals surface area (Å²) in [4.78, 5) is 11.1. The average molecular weight is 380 g/mol. The van der Waals surface area contributed by atoms with Gasteiger partial charge in [-0.1, -0.05) is 19.8 Å². The maximum atomic E-state index is 12.2. The number of hydrogen-bond donors (Lipinski definition) is 2. The van der Waals surface area contributed by atoms with E-state index < -0.39 is 22.0 Å². The molecule has 21 heavy (non-hydrogen) atoms. The molecule has 2 N–H and O–H groups in total. The molecule has 0 radical (unpaired) electrons. The molecular formula is C13H18BrNO5S. The number of nitrogens with one attached hydrogen (secondary N) is 1. The zero-order valence-electron chi connectivity index (χ0n) is 11.8. The van der Waals surface area contributed by atoms with Crippen molar-refractivity contribution in [3.8, 4) is 5.75 Å². The number of sulfonamides is 1. The second-order valence-electron chi connectivity index (χ2n) is 4.45. The number of benzene rings is 1. The lowest BCUT2D eigenvalue weighted by atomic mass is 10.1. The van der Waals surface area contributed by atoms with Gasteiger partial charge in [-0.25, -0.2) is 8.42 Å². The van der Waals surface area contributed by atoms with E-state index in [4.69, 9.17) is 9.84 Å². The van der Waals surface area contributed by atoms with E-state index in [-0.39, 0.29) is 11.3 Å². The van der Waals surface area contributed by atoms with Crippen LogP contribution in [-0.4, -0.2) is 32.6 Å². The molecule has 118 valence electrons. The van der Waals surface area contributed by atoms with Crippen molar-refractivity contribution in [2.24, 2.45) is 0 Å². The van der Waals surface area contributed by atoms with Gasteiger partial charge in [0.1, 0.15) is 11.8 Å². The van der Waals surface area contributed by atoms with E-state index in [1.54, 1.807) is 0 Å². The van der Waals surface area contributed by atoms with Gasteiger partial charge in [0.05, 0.1) is 16.5 Å². The van der Waals surface area contributed by atoms with Crippen LogP contribution in [0.15, 0.2) is 27.6 Å². The summed E-state index contributed by atoms with van der Waals surface area (Å²) < 4.78 is 32.4. The minimum atomic E-state index is -3.92. The maximum Gasteiger partial charge on any atom is 0.321 e. The Hall–Kier alpha value is -1.12. The smallest absolute Gasteiger partial charge is 0.321 e. The van der Waals surface area contributed by atoms with Crippen LogP contribution < -0.4 is 9.46 Å². The number of methoxy groups -OCH3 is 1. The van der Waals surface area contributed by atoms with Crippen LogP contribution in [0.25, 0.3) is 0 Å². The number of halogens is 1. The standard InChI is InChI=1S/C13H18BrNO5S/c1-3-4-5-11(13(16)17)15-21(18,19)9-6-7-10(14)12(8-9)20-2/h6-8,11,15H,3-5H2,1-2H3,(H,16,17)/t11-/m0/s1. The van der Waals surface area contributed by atoms with Gasteiger partial charge in [-0.15, -0.1) is 0 Å². The summed E-state index contributed by atoms with van der Waals surface area (Å²) >= 11 is 3.23. The van der Waals surface area contributed by atoms with Crippen molar-refractivity contribution in [2.75, 3.05) is 7.11 Å². The molecule has 1 aromatic carbocycles. The molecule has 0 aliphatic rings. The maximum absolute atomic E-state index is 12.2. The summed E-state index contributed by atoms with van der Waals surface area (Å²) in [6.45, 7) is 1.91. The van der Waals surface area contributed by atoms with Crippen LogP contribution in [0.1, 0.15) is 26.2 Å². The molecule has 6 nitrogen and oxygen atoms in total. The van der Waals surface area contributed by atoms with E-state index in [9.17, 15) is 13.2 Å². The van der Waals surface area contributed by atoms with Crippen LogP contribution in [0.4, 0.5) is 0 Å². The molecule has 0 unspecified atom stereocenters. The molecule has 0 fully saturated rings. The van der Waals surface area contributed by atoms with Crippen LogP contribution in [0.5, 0.6) is 5.75 Å². The van der Waals surface area contributed by atoms with Crippen LogP contribution in [0.2, 0.25) is 0 Å². The first kappa shape index (κ1) is 17.9. The Bertz CT molecular complexity index is 603. The van der Waals surface area contributed by atoms with Gasteiger partial charge in [0, 0.05) is 6.07 Å². The van der Waals surface area contributed by atoms with Gasteiger partial charge >= 0.3 is 5.97 Å². The summed E-state index contributed by atoms with van der Waals surface area (Å²) in [7, 11) is -2.49. The molecule has 0 saturated heterocycles. The van der Waals surface area contributed by atoms with E-state index in [0.717, 1.165) is 6.42 Å². The first-order valence-electron chi connectivity index (χ1n) is 6.40. The van der Waals surface area contributed by atoms with Crippen molar-refractivity contribution in [3.05, 3.63) is 22.7 Å². The fraction of sp³-hybridized carbons (Fsp3) is 0.462. The van der Waals surface area contributed by atoms with Crippen molar-refractivity contribution in [1.29, 1.82) is 0 Å². The van der Waals surface area contributed by atoms with Gasteiger partial charge in [0.25, 0.3) is 0 Å². The number of unbranched alkanes of at least 4 members (excludes halogenated alkanes) is 1. The number of rotatable bonds is 8. The SMILES string of the molecule is CCCC[C@H](NS(=O)(=O)c1ccc(Br)c(OC)c1)C(=O)O. The highest BCUT2D eigenvalue weighted by molar-refractivity contribution is 9.10. The molecule has 1 rings (SSSR count). The first-order valence-corrected chi connectivity index (χ1v) is 8.68. The van der Waals surface area contributed by atoms with Gasteiger partial charge < -0.3 is 9.84 Å². The lowest BCUT2D eigenvalue weighted by Crippen LogP contribution is -2.40. The third-order valence-corrected chi connectivity index (χ3v) is 5.00. The topological polar surface area (TPSA) is 92.7 Å². The fourth-order valence-electron chi connectivity index (χ4n) is 1.70. The number of ether oxygens (including phenoxy) is 1. The summed E-state index contributed by atoms with van der Waals surface area (Å²) in [6, 6.07) is 3.12. The molecule has 0 amide bonds. The molecular weight excluding hydrogens is 362 g/mol. The monoisotopic (exact) mass is 379 g/mol. The minimum Gasteiger partial charge on any atom is -0.496 e. The van der Waals surface area contributed by atoms with Crippen molar-refractivity contribution in [1.82, 2.24) is 4.72 Å². The average Bonchev–Trinajstić information content (AvgIpc) is 2.43. The van der Waals surface area contributed by atoms with Crippen molar-refractivity contribution < 1.29 is 23.1 Å². The molecule has 1 atom stereocenters. The van der Waals surface area contributed by atoms with Gasteiger partial charge in [0.2, 0.25) is 10.0 Å². The molecule has 0 aliphatic carbocycles. The van der Waals surface area contributed by atoms with E-state index >= 15 is 0 Å². The molecule has 8 heteroatoms. The van der Waals surface area contributed by atoms with E-state index in [1.807, 2.05) is 6.92 Å². The lowest BCUT2D eigenvalue weighted by molar-refractivity contribution is -0.139. The molecule has 0 bridgehead atoms. The Kier molecular flexibility index (Phi) is 6.63. The molecule has 0 aliphatic heterocycles. The zero-order chi connectivity index (χ0) is 16.0. The van der Waals surface area contributed by atoms with Crippen molar-refractivity contribution in [2.45, 2.75) is 37.1 Å². The summed E-state index contributed by atoms with van der Waals surface area (Å²) in [5.74, 6) is -0.825. The molecule has 0 aromatic heterocycles. The molecule has 0 saturated carbocycles. The molecule has 0 spiro atoms. The predicted molar refractivity (Wildman–Crippen MR) is 82.0 cm³/mol. The van der Waals surface area contributed by atoms with Crippen LogP contribution in [-0.2, 0) is 14.8 Å². The highest BCUT2D eigenvalue weighted by Crippen LogP contribution is 2.27. The first-order chi connectivity index (χ1) is 9.81. The summed E-state index contributed by atoms with van der Waals surface area (Å²) in [6.07, 6.45) is 1.67. The molecule has 0 heterocycles. The van der Waals surface area contributed by atoms with Crippen LogP contribution in [0, 0.1) is 0 Å². The number of carbonyl (C=O) groups is 1. The van der Waals surface area contributed by atoms with Gasteiger partial charge in [-0.3, -0.25) is 4.79 Å². The quantitative estimate of drug-likeness (QED) is 0.723. The highest BCUT2D eigenvalue weighted by Gasteiger charge is 2.25. The summed E-state index contributed by atoms with van der Waals surface area (Å²) in [5.41, 5.74) is 0. The van der Waals surface area contributed by atoms with E-state index in [0.29, 0.717) is 16.6 Å². The largest absolute Gasteiger partial charge is 0.496 e. The lowest BCUT2D eigenvalue weighted by Gasteiger charge is -2.15. The zero-order valence-corrected chi connectivity index (χ0v) is 14.2.